The number of ether oxygens (including phenoxy) is 1. The number of benzene rings is 1. The maximum atomic E-state index is 12.3. The number of hydrogen-bond donors (Lipinski definition) is 0. The first kappa shape index (κ1) is 18.9. The quantitative estimate of drug-likeness (QED) is 0.509. The number of rotatable bonds is 6. The van der Waals surface area contributed by atoms with Gasteiger partial charge in [-0.1, -0.05) is 27.3 Å². The van der Waals surface area contributed by atoms with Gasteiger partial charge in [-0.05, 0) is 25.1 Å². The van der Waals surface area contributed by atoms with Crippen LogP contribution in [0.5, 0.6) is 0 Å². The Morgan fingerprint density at radius 2 is 2.04 bits per heavy atom. The van der Waals surface area contributed by atoms with Crippen molar-refractivity contribution >= 4 is 55.2 Å². The lowest BCUT2D eigenvalue weighted by atomic mass is 10.3. The second kappa shape index (κ2) is 8.24. The standard InChI is InChI=1S/C17H18BrN3O4S/c1-2-25-8-7-20-12-4-3-11(18)9-13(12)26-17(20)19-14(22)10-21-15(23)5-6-16(21)24/h3-4,9H,2,5-8,10H2,1H3. The number of aromatic nitrogens is 1. The number of thiazole rings is 1. The fourth-order valence-electron chi connectivity index (χ4n) is 2.73. The van der Waals surface area contributed by atoms with E-state index >= 15 is 0 Å². The van der Waals surface area contributed by atoms with Crippen molar-refractivity contribution in [3.8, 4) is 0 Å². The van der Waals surface area contributed by atoms with Crippen LogP contribution in [0.1, 0.15) is 19.8 Å². The number of halogens is 1. The second-order valence-corrected chi connectivity index (χ2v) is 7.65. The molecule has 2 heterocycles. The molecule has 0 unspecified atom stereocenters. The van der Waals surface area contributed by atoms with Crippen LogP contribution in [0.2, 0.25) is 0 Å². The van der Waals surface area contributed by atoms with Gasteiger partial charge in [-0.15, -0.1) is 0 Å². The molecule has 1 aromatic heterocycles. The van der Waals surface area contributed by atoms with Crippen molar-refractivity contribution in [2.24, 2.45) is 4.99 Å². The zero-order valence-corrected chi connectivity index (χ0v) is 16.6. The average Bonchev–Trinajstić information content (AvgIpc) is 3.09. The molecule has 0 N–H and O–H groups in total. The van der Waals surface area contributed by atoms with Gasteiger partial charge in [-0.2, -0.15) is 4.99 Å². The lowest BCUT2D eigenvalue weighted by Crippen LogP contribution is -2.34. The highest BCUT2D eigenvalue weighted by Crippen LogP contribution is 2.22. The van der Waals surface area contributed by atoms with Crippen LogP contribution in [0.15, 0.2) is 27.7 Å². The third-order valence-electron chi connectivity index (χ3n) is 3.98. The van der Waals surface area contributed by atoms with Gasteiger partial charge in [-0.3, -0.25) is 19.3 Å². The molecule has 1 fully saturated rings. The van der Waals surface area contributed by atoms with Crippen LogP contribution in [0.3, 0.4) is 0 Å². The van der Waals surface area contributed by atoms with E-state index in [1.54, 1.807) is 0 Å². The topological polar surface area (TPSA) is 81.0 Å². The summed E-state index contributed by atoms with van der Waals surface area (Å²) in [7, 11) is 0. The summed E-state index contributed by atoms with van der Waals surface area (Å²) in [6.07, 6.45) is 0.328. The summed E-state index contributed by atoms with van der Waals surface area (Å²) in [5, 5.41) is 0. The highest BCUT2D eigenvalue weighted by Gasteiger charge is 2.30. The van der Waals surface area contributed by atoms with Crippen LogP contribution in [-0.2, 0) is 25.7 Å². The molecule has 138 valence electrons. The molecule has 9 heteroatoms. The fourth-order valence-corrected chi connectivity index (χ4v) is 4.35. The molecule has 0 radical (unpaired) electrons. The normalized spacial score (nSPS) is 15.5. The van der Waals surface area contributed by atoms with Gasteiger partial charge in [-0.25, -0.2) is 0 Å². The molecule has 1 aliphatic heterocycles. The van der Waals surface area contributed by atoms with E-state index in [0.29, 0.717) is 24.6 Å². The summed E-state index contributed by atoms with van der Waals surface area (Å²) >= 11 is 4.83. The summed E-state index contributed by atoms with van der Waals surface area (Å²) in [4.78, 5) is 41.4. The summed E-state index contributed by atoms with van der Waals surface area (Å²) in [6, 6.07) is 5.85. The number of imide groups is 1. The Kier molecular flexibility index (Phi) is 6.00. The number of likely N-dealkylation sites (tertiary alicyclic amines) is 1. The zero-order valence-electron chi connectivity index (χ0n) is 14.2. The van der Waals surface area contributed by atoms with Gasteiger partial charge < -0.3 is 9.30 Å². The van der Waals surface area contributed by atoms with Gasteiger partial charge in [0, 0.05) is 30.5 Å². The molecule has 0 aliphatic carbocycles. The number of amides is 3. The molecule has 1 saturated heterocycles. The third-order valence-corrected chi connectivity index (χ3v) is 5.51. The Hall–Kier alpha value is -1.84. The lowest BCUT2D eigenvalue weighted by molar-refractivity contribution is -0.141. The first-order valence-corrected chi connectivity index (χ1v) is 9.88. The molecule has 1 aromatic carbocycles. The fraction of sp³-hybridized carbons (Fsp3) is 0.412. The minimum atomic E-state index is -0.510. The first-order chi connectivity index (χ1) is 12.5. The van der Waals surface area contributed by atoms with Crippen LogP contribution in [-0.4, -0.2) is 46.9 Å². The Balaban J connectivity index is 1.92. The van der Waals surface area contributed by atoms with Gasteiger partial charge in [0.05, 0.1) is 16.8 Å². The van der Waals surface area contributed by atoms with Crippen LogP contribution in [0.25, 0.3) is 10.2 Å². The number of nitrogens with zero attached hydrogens (tertiary/aromatic N) is 3. The van der Waals surface area contributed by atoms with Crippen LogP contribution < -0.4 is 4.80 Å². The van der Waals surface area contributed by atoms with E-state index in [1.165, 1.54) is 11.3 Å². The molecule has 26 heavy (non-hydrogen) atoms. The summed E-state index contributed by atoms with van der Waals surface area (Å²) in [5.74, 6) is -1.14. The van der Waals surface area contributed by atoms with Crippen molar-refractivity contribution < 1.29 is 19.1 Å². The van der Waals surface area contributed by atoms with Gasteiger partial charge in [0.25, 0.3) is 5.91 Å². The number of fused-ring (bicyclic) bond motifs is 1. The summed E-state index contributed by atoms with van der Waals surface area (Å²) < 4.78 is 9.27. The van der Waals surface area contributed by atoms with Crippen molar-refractivity contribution in [1.29, 1.82) is 0 Å². The molecule has 2 aromatic rings. The average molecular weight is 440 g/mol. The van der Waals surface area contributed by atoms with E-state index in [2.05, 4.69) is 20.9 Å². The van der Waals surface area contributed by atoms with Gasteiger partial charge in [0.15, 0.2) is 4.80 Å². The van der Waals surface area contributed by atoms with E-state index in [-0.39, 0.29) is 31.2 Å². The lowest BCUT2D eigenvalue weighted by Gasteiger charge is -2.10. The Morgan fingerprint density at radius 3 is 2.73 bits per heavy atom. The molecule has 7 nitrogen and oxygen atoms in total. The molecule has 0 bridgehead atoms. The van der Waals surface area contributed by atoms with Crippen molar-refractivity contribution in [1.82, 2.24) is 9.47 Å². The molecule has 0 atom stereocenters. The predicted octanol–water partition coefficient (Wildman–Crippen LogP) is 2.08. The molecule has 0 spiro atoms. The highest BCUT2D eigenvalue weighted by atomic mass is 79.9. The number of carbonyl (C=O) groups excluding carboxylic acids is 3. The highest BCUT2D eigenvalue weighted by molar-refractivity contribution is 9.10. The van der Waals surface area contributed by atoms with Crippen LogP contribution in [0, 0.1) is 0 Å². The summed E-state index contributed by atoms with van der Waals surface area (Å²) in [6.45, 7) is 3.29. The van der Waals surface area contributed by atoms with Gasteiger partial charge in [0.1, 0.15) is 6.54 Å². The number of hydrogen-bond acceptors (Lipinski definition) is 5. The molecule has 3 rings (SSSR count). The zero-order chi connectivity index (χ0) is 18.7. The SMILES string of the molecule is CCOCCn1c(=NC(=O)CN2C(=O)CCC2=O)sc2cc(Br)ccc21. The second-order valence-electron chi connectivity index (χ2n) is 5.72. The monoisotopic (exact) mass is 439 g/mol. The predicted molar refractivity (Wildman–Crippen MR) is 101 cm³/mol. The van der Waals surface area contributed by atoms with E-state index < -0.39 is 5.91 Å². The Labute approximate surface area is 162 Å². The van der Waals surface area contributed by atoms with Gasteiger partial charge in [0.2, 0.25) is 11.8 Å². The smallest absolute Gasteiger partial charge is 0.268 e. The molecule has 0 saturated carbocycles. The van der Waals surface area contributed by atoms with Gasteiger partial charge >= 0.3 is 0 Å². The summed E-state index contributed by atoms with van der Waals surface area (Å²) in [5.41, 5.74) is 0.956. The molecular weight excluding hydrogens is 422 g/mol. The van der Waals surface area contributed by atoms with E-state index in [9.17, 15) is 14.4 Å². The maximum Gasteiger partial charge on any atom is 0.268 e. The third kappa shape index (κ3) is 4.11. The van der Waals surface area contributed by atoms with Crippen molar-refractivity contribution in [2.75, 3.05) is 19.8 Å². The van der Waals surface area contributed by atoms with E-state index in [0.717, 1.165) is 19.6 Å². The maximum absolute atomic E-state index is 12.3. The molecule has 1 aliphatic rings. The van der Waals surface area contributed by atoms with Crippen LogP contribution >= 0.6 is 27.3 Å². The van der Waals surface area contributed by atoms with Crippen molar-refractivity contribution in [3.05, 3.63) is 27.5 Å². The Bertz CT molecular complexity index is 918. The van der Waals surface area contributed by atoms with E-state index in [4.69, 9.17) is 4.74 Å². The minimum Gasteiger partial charge on any atom is -0.380 e. The van der Waals surface area contributed by atoms with Crippen molar-refractivity contribution in [3.63, 3.8) is 0 Å². The Morgan fingerprint density at radius 1 is 1.31 bits per heavy atom. The van der Waals surface area contributed by atoms with Crippen LogP contribution in [0.4, 0.5) is 0 Å². The largest absolute Gasteiger partial charge is 0.380 e. The van der Waals surface area contributed by atoms with E-state index in [1.807, 2.05) is 29.7 Å². The van der Waals surface area contributed by atoms with Crippen molar-refractivity contribution in [2.45, 2.75) is 26.3 Å². The molecular formula is C17H18BrN3O4S. The number of carbonyl (C=O) groups is 3. The molecule has 3 amide bonds. The minimum absolute atomic E-state index is 0.164. The first-order valence-electron chi connectivity index (χ1n) is 8.27.